The van der Waals surface area contributed by atoms with Crippen LogP contribution < -0.4 is 10.6 Å². The monoisotopic (exact) mass is 371 g/mol. The summed E-state index contributed by atoms with van der Waals surface area (Å²) in [4.78, 5) is 26.2. The second-order valence-corrected chi connectivity index (χ2v) is 6.41. The minimum atomic E-state index is -0.307. The van der Waals surface area contributed by atoms with E-state index >= 15 is 0 Å². The number of hydrogen-bond acceptors (Lipinski definition) is 3. The molecule has 0 heterocycles. The highest BCUT2D eigenvalue weighted by Crippen LogP contribution is 2.10. The minimum absolute atomic E-state index is 0.0929. The second-order valence-electron chi connectivity index (χ2n) is 6.41. The molecule has 0 fully saturated rings. The maximum atomic E-state index is 12.9. The normalized spacial score (nSPS) is 11.9. The lowest BCUT2D eigenvalue weighted by Gasteiger charge is -2.21. The van der Waals surface area contributed by atoms with Crippen LogP contribution in [0.25, 0.3) is 0 Å². The SMILES string of the molecule is CCN(CC(=O)NCc1ccc(F)cc1)CC(=O)NC(C)c1ccccc1. The van der Waals surface area contributed by atoms with Gasteiger partial charge in [0.25, 0.3) is 0 Å². The van der Waals surface area contributed by atoms with Crippen molar-refractivity contribution in [3.8, 4) is 0 Å². The summed E-state index contributed by atoms with van der Waals surface area (Å²) in [6.07, 6.45) is 0. The maximum Gasteiger partial charge on any atom is 0.234 e. The van der Waals surface area contributed by atoms with Crippen LogP contribution in [0.4, 0.5) is 4.39 Å². The van der Waals surface area contributed by atoms with Crippen LogP contribution in [0.1, 0.15) is 31.0 Å². The van der Waals surface area contributed by atoms with E-state index in [0.29, 0.717) is 13.1 Å². The van der Waals surface area contributed by atoms with Crippen molar-refractivity contribution in [1.29, 1.82) is 0 Å². The van der Waals surface area contributed by atoms with E-state index in [2.05, 4.69) is 10.6 Å². The topological polar surface area (TPSA) is 61.4 Å². The molecule has 0 aromatic heterocycles. The Labute approximate surface area is 159 Å². The molecule has 2 aromatic rings. The van der Waals surface area contributed by atoms with Crippen molar-refractivity contribution < 1.29 is 14.0 Å². The number of nitrogens with one attached hydrogen (secondary N) is 2. The summed E-state index contributed by atoms with van der Waals surface area (Å²) in [5.41, 5.74) is 1.85. The lowest BCUT2D eigenvalue weighted by atomic mass is 10.1. The summed E-state index contributed by atoms with van der Waals surface area (Å²) >= 11 is 0. The van der Waals surface area contributed by atoms with Crippen LogP contribution in [0.2, 0.25) is 0 Å². The Balaban J connectivity index is 1.77. The molecule has 0 aliphatic heterocycles. The number of benzene rings is 2. The van der Waals surface area contributed by atoms with Gasteiger partial charge in [-0.1, -0.05) is 49.4 Å². The van der Waals surface area contributed by atoms with E-state index in [0.717, 1.165) is 11.1 Å². The van der Waals surface area contributed by atoms with Gasteiger partial charge in [-0.3, -0.25) is 14.5 Å². The number of hydrogen-bond donors (Lipinski definition) is 2. The second kappa shape index (κ2) is 10.4. The molecule has 2 amide bonds. The molecule has 0 aliphatic rings. The molecular formula is C21H26FN3O2. The van der Waals surface area contributed by atoms with Gasteiger partial charge >= 0.3 is 0 Å². The van der Waals surface area contributed by atoms with Gasteiger partial charge in [-0.05, 0) is 36.7 Å². The van der Waals surface area contributed by atoms with Crippen molar-refractivity contribution in [3.05, 3.63) is 71.5 Å². The zero-order valence-electron chi connectivity index (χ0n) is 15.7. The fourth-order valence-corrected chi connectivity index (χ4v) is 2.66. The Morgan fingerprint density at radius 2 is 1.63 bits per heavy atom. The first kappa shape index (κ1) is 20.6. The zero-order valence-corrected chi connectivity index (χ0v) is 15.7. The molecule has 27 heavy (non-hydrogen) atoms. The summed E-state index contributed by atoms with van der Waals surface area (Å²) in [7, 11) is 0. The standard InChI is InChI=1S/C21H26FN3O2/c1-3-25(14-20(26)23-13-17-9-11-19(22)12-10-17)15-21(27)24-16(2)18-7-5-4-6-8-18/h4-12,16H,3,13-15H2,1-2H3,(H,23,26)(H,24,27). The highest BCUT2D eigenvalue weighted by atomic mass is 19.1. The number of nitrogens with zero attached hydrogens (tertiary/aromatic N) is 1. The largest absolute Gasteiger partial charge is 0.351 e. The Hall–Kier alpha value is -2.73. The van der Waals surface area contributed by atoms with Crippen molar-refractivity contribution in [2.75, 3.05) is 19.6 Å². The third kappa shape index (κ3) is 7.19. The van der Waals surface area contributed by atoms with Gasteiger partial charge in [0.05, 0.1) is 19.1 Å². The van der Waals surface area contributed by atoms with Crippen LogP contribution in [-0.4, -0.2) is 36.3 Å². The quantitative estimate of drug-likeness (QED) is 0.712. The molecule has 2 rings (SSSR count). The van der Waals surface area contributed by atoms with Crippen molar-refractivity contribution >= 4 is 11.8 Å². The molecule has 2 aromatic carbocycles. The number of carbonyl (C=O) groups excluding carboxylic acids is 2. The smallest absolute Gasteiger partial charge is 0.234 e. The molecule has 144 valence electrons. The predicted octanol–water partition coefficient (Wildman–Crippen LogP) is 2.64. The molecule has 1 atom stereocenters. The molecule has 2 N–H and O–H groups in total. The summed E-state index contributed by atoms with van der Waals surface area (Å²) < 4.78 is 12.9. The van der Waals surface area contributed by atoms with Gasteiger partial charge in [0, 0.05) is 6.54 Å². The number of likely N-dealkylation sites (N-methyl/N-ethyl adjacent to an activating group) is 1. The van der Waals surface area contributed by atoms with E-state index < -0.39 is 0 Å². The fourth-order valence-electron chi connectivity index (χ4n) is 2.66. The van der Waals surface area contributed by atoms with Crippen LogP contribution in [0.3, 0.4) is 0 Å². The molecule has 0 saturated carbocycles. The minimum Gasteiger partial charge on any atom is -0.351 e. The highest BCUT2D eigenvalue weighted by molar-refractivity contribution is 5.81. The van der Waals surface area contributed by atoms with Gasteiger partial charge in [-0.25, -0.2) is 4.39 Å². The lowest BCUT2D eigenvalue weighted by molar-refractivity contribution is -0.125. The summed E-state index contributed by atoms with van der Waals surface area (Å²) in [5.74, 6) is -0.609. The van der Waals surface area contributed by atoms with Crippen LogP contribution >= 0.6 is 0 Å². The average molecular weight is 371 g/mol. The van der Waals surface area contributed by atoms with Crippen molar-refractivity contribution in [1.82, 2.24) is 15.5 Å². The van der Waals surface area contributed by atoms with E-state index in [-0.39, 0.29) is 36.8 Å². The molecule has 0 bridgehead atoms. The van der Waals surface area contributed by atoms with Crippen LogP contribution in [-0.2, 0) is 16.1 Å². The third-order valence-electron chi connectivity index (χ3n) is 4.26. The van der Waals surface area contributed by atoms with E-state index in [1.165, 1.54) is 12.1 Å². The Morgan fingerprint density at radius 3 is 2.26 bits per heavy atom. The van der Waals surface area contributed by atoms with Gasteiger partial charge in [0.2, 0.25) is 11.8 Å². The molecular weight excluding hydrogens is 345 g/mol. The first-order valence-corrected chi connectivity index (χ1v) is 9.05. The van der Waals surface area contributed by atoms with Crippen LogP contribution in [0.15, 0.2) is 54.6 Å². The van der Waals surface area contributed by atoms with E-state index in [1.54, 1.807) is 17.0 Å². The summed E-state index contributed by atoms with van der Waals surface area (Å²) in [6.45, 7) is 5.02. The van der Waals surface area contributed by atoms with Gasteiger partial charge in [0.1, 0.15) is 5.82 Å². The number of carbonyl (C=O) groups is 2. The summed E-state index contributed by atoms with van der Waals surface area (Å²) in [6, 6.07) is 15.6. The zero-order chi connectivity index (χ0) is 19.6. The van der Waals surface area contributed by atoms with Gasteiger partial charge in [-0.2, -0.15) is 0 Å². The average Bonchev–Trinajstić information content (AvgIpc) is 2.67. The van der Waals surface area contributed by atoms with E-state index in [1.807, 2.05) is 44.2 Å². The van der Waals surface area contributed by atoms with E-state index in [4.69, 9.17) is 0 Å². The molecule has 1 unspecified atom stereocenters. The van der Waals surface area contributed by atoms with Crippen molar-refractivity contribution in [3.63, 3.8) is 0 Å². The maximum absolute atomic E-state index is 12.9. The van der Waals surface area contributed by atoms with Gasteiger partial charge in [-0.15, -0.1) is 0 Å². The number of halogens is 1. The fraction of sp³-hybridized carbons (Fsp3) is 0.333. The van der Waals surface area contributed by atoms with E-state index in [9.17, 15) is 14.0 Å². The van der Waals surface area contributed by atoms with Crippen molar-refractivity contribution in [2.24, 2.45) is 0 Å². The predicted molar refractivity (Wildman–Crippen MR) is 103 cm³/mol. The summed E-state index contributed by atoms with van der Waals surface area (Å²) in [5, 5.41) is 5.74. The third-order valence-corrected chi connectivity index (χ3v) is 4.26. The van der Waals surface area contributed by atoms with Crippen LogP contribution in [0.5, 0.6) is 0 Å². The first-order chi connectivity index (χ1) is 13.0. The lowest BCUT2D eigenvalue weighted by Crippen LogP contribution is -2.43. The van der Waals surface area contributed by atoms with Gasteiger partial charge in [0.15, 0.2) is 0 Å². The Kier molecular flexibility index (Phi) is 7.95. The molecule has 0 radical (unpaired) electrons. The van der Waals surface area contributed by atoms with Gasteiger partial charge < -0.3 is 10.6 Å². The molecule has 0 saturated heterocycles. The molecule has 0 spiro atoms. The number of amides is 2. The molecule has 0 aliphatic carbocycles. The number of rotatable bonds is 9. The van der Waals surface area contributed by atoms with Crippen molar-refractivity contribution in [2.45, 2.75) is 26.4 Å². The Morgan fingerprint density at radius 1 is 1.00 bits per heavy atom. The van der Waals surface area contributed by atoms with Crippen LogP contribution in [0, 0.1) is 5.82 Å². The molecule has 5 nitrogen and oxygen atoms in total. The highest BCUT2D eigenvalue weighted by Gasteiger charge is 2.15. The Bertz CT molecular complexity index is 735. The first-order valence-electron chi connectivity index (χ1n) is 9.05. The molecule has 6 heteroatoms.